The average Bonchev–Trinajstić information content (AvgIpc) is 2.70. The summed E-state index contributed by atoms with van der Waals surface area (Å²) in [6, 6.07) is 23.5. The maximum atomic E-state index is 12.9. The Balaban J connectivity index is 1.74. The van der Waals surface area contributed by atoms with E-state index in [0.717, 1.165) is 11.1 Å². The van der Waals surface area contributed by atoms with Gasteiger partial charge >= 0.3 is 5.97 Å². The standard InChI is InChI=1S/C24H22O4/c1-17-13-18(2)15-21(14-17)27-16-22(25)28-24(20-11-7-4-8-12-20)23(26)19-9-5-3-6-10-19/h3-15,24H,16H2,1-2H3. The summed E-state index contributed by atoms with van der Waals surface area (Å²) in [6.45, 7) is 3.65. The number of benzene rings is 3. The molecule has 0 aliphatic rings. The molecule has 0 amide bonds. The highest BCUT2D eigenvalue weighted by Gasteiger charge is 2.26. The predicted molar refractivity (Wildman–Crippen MR) is 107 cm³/mol. The number of hydrogen-bond acceptors (Lipinski definition) is 4. The second-order valence-electron chi connectivity index (χ2n) is 6.62. The second-order valence-corrected chi connectivity index (χ2v) is 6.62. The van der Waals surface area contributed by atoms with Crippen LogP contribution in [-0.2, 0) is 9.53 Å². The van der Waals surface area contributed by atoms with Crippen LogP contribution in [0.1, 0.15) is 33.2 Å². The molecule has 0 saturated heterocycles. The minimum absolute atomic E-state index is 0.270. The lowest BCUT2D eigenvalue weighted by Gasteiger charge is -2.18. The van der Waals surface area contributed by atoms with E-state index in [4.69, 9.17) is 9.47 Å². The normalized spacial score (nSPS) is 11.5. The first kappa shape index (κ1) is 19.4. The topological polar surface area (TPSA) is 52.6 Å². The van der Waals surface area contributed by atoms with Crippen molar-refractivity contribution in [1.29, 1.82) is 0 Å². The summed E-state index contributed by atoms with van der Waals surface area (Å²) in [5, 5.41) is 0. The smallest absolute Gasteiger partial charge is 0.345 e. The van der Waals surface area contributed by atoms with Crippen molar-refractivity contribution in [2.75, 3.05) is 6.61 Å². The third-order valence-corrected chi connectivity index (χ3v) is 4.20. The van der Waals surface area contributed by atoms with Gasteiger partial charge in [-0.2, -0.15) is 0 Å². The van der Waals surface area contributed by atoms with Crippen LogP contribution in [0.3, 0.4) is 0 Å². The first-order chi connectivity index (χ1) is 13.5. The fraction of sp³-hybridized carbons (Fsp3) is 0.167. The number of ether oxygens (including phenoxy) is 2. The predicted octanol–water partition coefficient (Wildman–Crippen LogP) is 4.85. The van der Waals surface area contributed by atoms with E-state index in [1.54, 1.807) is 48.5 Å². The summed E-state index contributed by atoms with van der Waals surface area (Å²) in [5.74, 6) is -0.274. The molecule has 0 aliphatic heterocycles. The molecule has 4 heteroatoms. The van der Waals surface area contributed by atoms with Crippen molar-refractivity contribution in [3.63, 3.8) is 0 Å². The van der Waals surface area contributed by atoms with E-state index < -0.39 is 12.1 Å². The first-order valence-electron chi connectivity index (χ1n) is 9.08. The number of ketones is 1. The van der Waals surface area contributed by atoms with E-state index in [0.29, 0.717) is 16.9 Å². The molecule has 0 bridgehead atoms. The third kappa shape index (κ3) is 5.07. The number of hydrogen-bond donors (Lipinski definition) is 0. The summed E-state index contributed by atoms with van der Waals surface area (Å²) >= 11 is 0. The van der Waals surface area contributed by atoms with Gasteiger partial charge in [0, 0.05) is 11.1 Å². The average molecular weight is 374 g/mol. The highest BCUT2D eigenvalue weighted by atomic mass is 16.6. The molecule has 3 rings (SSSR count). The van der Waals surface area contributed by atoms with E-state index in [1.807, 2.05) is 44.2 Å². The van der Waals surface area contributed by atoms with Crippen LogP contribution in [0.25, 0.3) is 0 Å². The van der Waals surface area contributed by atoms with Gasteiger partial charge in [-0.15, -0.1) is 0 Å². The number of carbonyl (C=O) groups is 2. The number of aryl methyl sites for hydroxylation is 2. The Morgan fingerprint density at radius 1 is 0.821 bits per heavy atom. The molecule has 0 saturated carbocycles. The molecular formula is C24H22O4. The third-order valence-electron chi connectivity index (χ3n) is 4.20. The van der Waals surface area contributed by atoms with E-state index >= 15 is 0 Å². The summed E-state index contributed by atoms with van der Waals surface area (Å²) in [4.78, 5) is 25.3. The molecular weight excluding hydrogens is 352 g/mol. The lowest BCUT2D eigenvalue weighted by Crippen LogP contribution is -2.23. The fourth-order valence-corrected chi connectivity index (χ4v) is 2.98. The molecule has 0 N–H and O–H groups in total. The molecule has 4 nitrogen and oxygen atoms in total. The van der Waals surface area contributed by atoms with Gasteiger partial charge in [-0.05, 0) is 37.1 Å². The number of carbonyl (C=O) groups excluding carboxylic acids is 2. The zero-order valence-electron chi connectivity index (χ0n) is 15.9. The van der Waals surface area contributed by atoms with Crippen molar-refractivity contribution in [2.24, 2.45) is 0 Å². The Kier molecular flexibility index (Phi) is 6.22. The summed E-state index contributed by atoms with van der Waals surface area (Å²) in [5.41, 5.74) is 3.20. The Labute approximate surface area is 164 Å². The van der Waals surface area contributed by atoms with Gasteiger partial charge in [0.1, 0.15) is 5.75 Å². The lowest BCUT2D eigenvalue weighted by molar-refractivity contribution is -0.149. The van der Waals surface area contributed by atoms with Gasteiger partial charge in [-0.1, -0.05) is 66.7 Å². The van der Waals surface area contributed by atoms with Crippen LogP contribution < -0.4 is 4.74 Å². The minimum atomic E-state index is -1.01. The van der Waals surface area contributed by atoms with Gasteiger partial charge in [-0.25, -0.2) is 4.79 Å². The summed E-state index contributed by atoms with van der Waals surface area (Å²) in [6.07, 6.45) is -1.01. The van der Waals surface area contributed by atoms with Gasteiger partial charge < -0.3 is 9.47 Å². The monoisotopic (exact) mass is 374 g/mol. The number of esters is 1. The highest BCUT2D eigenvalue weighted by Crippen LogP contribution is 2.23. The molecule has 3 aromatic carbocycles. The zero-order chi connectivity index (χ0) is 19.9. The largest absolute Gasteiger partial charge is 0.482 e. The second kappa shape index (κ2) is 9.00. The van der Waals surface area contributed by atoms with Gasteiger partial charge in [0.15, 0.2) is 12.7 Å². The Bertz CT molecular complexity index is 929. The van der Waals surface area contributed by atoms with Crippen LogP contribution in [0.5, 0.6) is 5.75 Å². The van der Waals surface area contributed by atoms with E-state index in [1.165, 1.54) is 0 Å². The molecule has 28 heavy (non-hydrogen) atoms. The van der Waals surface area contributed by atoms with Crippen LogP contribution in [-0.4, -0.2) is 18.4 Å². The summed E-state index contributed by atoms with van der Waals surface area (Å²) in [7, 11) is 0. The Morgan fingerprint density at radius 2 is 1.39 bits per heavy atom. The van der Waals surface area contributed by atoms with E-state index in [9.17, 15) is 9.59 Å². The minimum Gasteiger partial charge on any atom is -0.482 e. The van der Waals surface area contributed by atoms with Crippen molar-refractivity contribution in [2.45, 2.75) is 20.0 Å². The zero-order valence-corrected chi connectivity index (χ0v) is 15.9. The molecule has 0 fully saturated rings. The van der Waals surface area contributed by atoms with Gasteiger partial charge in [0.2, 0.25) is 5.78 Å². The Morgan fingerprint density at radius 3 is 2.00 bits per heavy atom. The lowest BCUT2D eigenvalue weighted by atomic mass is 10.00. The fourth-order valence-electron chi connectivity index (χ4n) is 2.98. The van der Waals surface area contributed by atoms with Crippen LogP contribution in [0.2, 0.25) is 0 Å². The van der Waals surface area contributed by atoms with E-state index in [-0.39, 0.29) is 12.4 Å². The van der Waals surface area contributed by atoms with Gasteiger partial charge in [0.05, 0.1) is 0 Å². The van der Waals surface area contributed by atoms with Crippen molar-refractivity contribution < 1.29 is 19.1 Å². The molecule has 142 valence electrons. The van der Waals surface area contributed by atoms with Crippen molar-refractivity contribution in [3.8, 4) is 5.75 Å². The molecule has 1 atom stereocenters. The molecule has 0 spiro atoms. The van der Waals surface area contributed by atoms with E-state index in [2.05, 4.69) is 0 Å². The van der Waals surface area contributed by atoms with Crippen LogP contribution in [0.4, 0.5) is 0 Å². The van der Waals surface area contributed by atoms with Crippen LogP contribution >= 0.6 is 0 Å². The highest BCUT2D eigenvalue weighted by molar-refractivity contribution is 6.01. The molecule has 0 aromatic heterocycles. The molecule has 1 unspecified atom stereocenters. The molecule has 3 aromatic rings. The maximum Gasteiger partial charge on any atom is 0.345 e. The van der Waals surface area contributed by atoms with Gasteiger partial charge in [0.25, 0.3) is 0 Å². The SMILES string of the molecule is Cc1cc(C)cc(OCC(=O)OC(C(=O)c2ccccc2)c2ccccc2)c1. The van der Waals surface area contributed by atoms with Gasteiger partial charge in [-0.3, -0.25) is 4.79 Å². The van der Waals surface area contributed by atoms with Crippen LogP contribution in [0, 0.1) is 13.8 Å². The Hall–Kier alpha value is -3.40. The van der Waals surface area contributed by atoms with Crippen molar-refractivity contribution in [3.05, 3.63) is 101 Å². The first-order valence-corrected chi connectivity index (χ1v) is 9.08. The molecule has 0 radical (unpaired) electrons. The van der Waals surface area contributed by atoms with Crippen molar-refractivity contribution in [1.82, 2.24) is 0 Å². The van der Waals surface area contributed by atoms with Crippen molar-refractivity contribution >= 4 is 11.8 Å². The number of Topliss-reactive ketones (excluding diaryl/α,β-unsaturated/α-hetero) is 1. The summed E-state index contributed by atoms with van der Waals surface area (Å²) < 4.78 is 11.1. The molecule has 0 heterocycles. The number of rotatable bonds is 7. The molecule has 0 aliphatic carbocycles. The maximum absolute atomic E-state index is 12.9. The quantitative estimate of drug-likeness (QED) is 0.438. The van der Waals surface area contributed by atoms with Crippen LogP contribution in [0.15, 0.2) is 78.9 Å².